The van der Waals surface area contributed by atoms with Crippen LogP contribution >= 0.6 is 11.6 Å². The van der Waals surface area contributed by atoms with Gasteiger partial charge in [0.15, 0.2) is 0 Å². The summed E-state index contributed by atoms with van der Waals surface area (Å²) in [6, 6.07) is 15.2. The van der Waals surface area contributed by atoms with Gasteiger partial charge in [-0.3, -0.25) is 34.3 Å². The number of hydrogen-bond donors (Lipinski definition) is 1. The first-order valence-corrected chi connectivity index (χ1v) is 21.4. The Morgan fingerprint density at radius 3 is 2.21 bits per heavy atom. The fraction of sp³-hybridized carbons (Fsp3) is 0.511. The summed E-state index contributed by atoms with van der Waals surface area (Å²) < 4.78 is 0. The lowest BCUT2D eigenvalue weighted by Crippen LogP contribution is -2.54. The van der Waals surface area contributed by atoms with Gasteiger partial charge in [-0.25, -0.2) is 9.83 Å². The number of piperidine rings is 4. The van der Waals surface area contributed by atoms with E-state index in [0.717, 1.165) is 100 Å². The lowest BCUT2D eigenvalue weighted by molar-refractivity contribution is -0.136. The predicted molar refractivity (Wildman–Crippen MR) is 223 cm³/mol. The SMILES string of the molecule is [C-]#[N+]c1ccc(N2CC3(CCN(c4ccc(CN5CCC(C6CCN(c7ccc8c(c7)C(=O)N(C7CCC(=O)NC7=O)C8=O)CC6)CC5)cn4)CC3)C[C@@H]2C)cc1Cl. The number of carbonyl (C=O) groups is 4. The second-order valence-electron chi connectivity index (χ2n) is 17.6. The van der Waals surface area contributed by atoms with E-state index in [2.05, 4.69) is 55.0 Å². The van der Waals surface area contributed by atoms with Gasteiger partial charge in [0, 0.05) is 74.3 Å². The van der Waals surface area contributed by atoms with E-state index < -0.39 is 23.8 Å². The molecule has 0 aliphatic carbocycles. The Kier molecular flexibility index (Phi) is 10.4. The minimum Gasteiger partial charge on any atom is -0.371 e. The van der Waals surface area contributed by atoms with Gasteiger partial charge in [0.1, 0.15) is 11.9 Å². The number of anilines is 3. The van der Waals surface area contributed by atoms with Crippen LogP contribution in [0.25, 0.3) is 4.85 Å². The minimum atomic E-state index is -0.953. The summed E-state index contributed by atoms with van der Waals surface area (Å²) in [5, 5.41) is 2.79. The monoisotopic (exact) mass is 802 g/mol. The molecule has 12 nitrogen and oxygen atoms in total. The zero-order valence-corrected chi connectivity index (χ0v) is 33.9. The summed E-state index contributed by atoms with van der Waals surface area (Å²) in [6.45, 7) is 17.6. The normalized spacial score (nSPS) is 24.4. The number of rotatable bonds is 7. The van der Waals surface area contributed by atoms with Crippen LogP contribution in [0.4, 0.5) is 22.9 Å². The number of carbonyl (C=O) groups excluding carboxylic acids is 4. The van der Waals surface area contributed by atoms with Gasteiger partial charge in [0.25, 0.3) is 11.8 Å². The molecule has 6 aliphatic heterocycles. The molecule has 6 aliphatic rings. The molecule has 302 valence electrons. The van der Waals surface area contributed by atoms with Crippen LogP contribution < -0.4 is 20.0 Å². The predicted octanol–water partition coefficient (Wildman–Crippen LogP) is 6.70. The number of amides is 4. The van der Waals surface area contributed by atoms with Crippen molar-refractivity contribution in [3.8, 4) is 0 Å². The van der Waals surface area contributed by atoms with Gasteiger partial charge in [-0.15, -0.1) is 0 Å². The van der Waals surface area contributed by atoms with E-state index in [1.807, 2.05) is 30.3 Å². The number of hydrogen-bond acceptors (Lipinski definition) is 9. The van der Waals surface area contributed by atoms with Crippen LogP contribution in [-0.4, -0.2) is 96.3 Å². The number of nitrogens with one attached hydrogen (secondary N) is 1. The van der Waals surface area contributed by atoms with E-state index in [9.17, 15) is 19.2 Å². The van der Waals surface area contributed by atoms with Crippen molar-refractivity contribution in [2.45, 2.75) is 83.3 Å². The molecule has 0 saturated carbocycles. The Bertz CT molecular complexity index is 2150. The van der Waals surface area contributed by atoms with Gasteiger partial charge in [0.2, 0.25) is 17.5 Å². The molecule has 3 aromatic rings. The van der Waals surface area contributed by atoms with Crippen molar-refractivity contribution >= 4 is 58.1 Å². The Morgan fingerprint density at radius 1 is 0.828 bits per heavy atom. The average Bonchev–Trinajstić information content (AvgIpc) is 3.69. The topological polar surface area (TPSA) is 114 Å². The van der Waals surface area contributed by atoms with Crippen molar-refractivity contribution < 1.29 is 19.2 Å². The molecule has 4 amide bonds. The van der Waals surface area contributed by atoms with Crippen molar-refractivity contribution in [3.05, 3.63) is 87.9 Å². The van der Waals surface area contributed by atoms with Gasteiger partial charge in [0.05, 0.1) is 17.7 Å². The first-order valence-electron chi connectivity index (χ1n) is 21.0. The molecular formula is C45H51ClN8O4. The summed E-state index contributed by atoms with van der Waals surface area (Å²) in [4.78, 5) is 69.9. The number of aromatic nitrogens is 1. The number of imide groups is 2. The van der Waals surface area contributed by atoms with Crippen molar-refractivity contribution in [2.75, 3.05) is 60.5 Å². The van der Waals surface area contributed by atoms with Crippen molar-refractivity contribution in [1.29, 1.82) is 0 Å². The largest absolute Gasteiger partial charge is 0.371 e. The third-order valence-electron chi connectivity index (χ3n) is 14.1. The number of halogens is 1. The number of benzene rings is 2. The third kappa shape index (κ3) is 7.32. The zero-order chi connectivity index (χ0) is 40.1. The molecule has 58 heavy (non-hydrogen) atoms. The Hall–Kier alpha value is -4.99. The first kappa shape index (κ1) is 38.5. The smallest absolute Gasteiger partial charge is 0.262 e. The number of nitrogens with zero attached hydrogens (tertiary/aromatic N) is 7. The molecule has 2 atom stereocenters. The number of fused-ring (bicyclic) bond motifs is 1. The Balaban J connectivity index is 0.720. The average molecular weight is 803 g/mol. The second kappa shape index (κ2) is 15.6. The lowest BCUT2D eigenvalue weighted by atomic mass is 9.77. The van der Waals surface area contributed by atoms with Gasteiger partial charge in [-0.2, -0.15) is 0 Å². The molecule has 9 rings (SSSR count). The molecule has 7 heterocycles. The minimum absolute atomic E-state index is 0.108. The summed E-state index contributed by atoms with van der Waals surface area (Å²) in [5.74, 6) is 0.567. The molecule has 0 radical (unpaired) electrons. The molecular weight excluding hydrogens is 752 g/mol. The Morgan fingerprint density at radius 2 is 1.53 bits per heavy atom. The van der Waals surface area contributed by atoms with E-state index in [4.69, 9.17) is 23.2 Å². The molecule has 0 bridgehead atoms. The van der Waals surface area contributed by atoms with Crippen LogP contribution in [0.15, 0.2) is 54.7 Å². The Labute approximate surface area is 345 Å². The molecule has 1 unspecified atom stereocenters. The lowest BCUT2D eigenvalue weighted by Gasteiger charge is -2.41. The van der Waals surface area contributed by atoms with Crippen molar-refractivity contribution in [1.82, 2.24) is 20.1 Å². The summed E-state index contributed by atoms with van der Waals surface area (Å²) in [7, 11) is 0. The highest BCUT2D eigenvalue weighted by Crippen LogP contribution is 2.46. The standard InChI is InChI=1S/C45H51ClN8O4/c1-29-25-45(28-53(29)34-5-7-38(47-2)37(46)24-34)15-21-52(22-16-45)40-9-3-30(26-48-40)27-50-17-11-31(12-18-50)32-13-19-51(20-14-32)33-4-6-35-36(23-33)44(58)54(43(35)57)39-8-10-41(55)49-42(39)56/h3-7,9,23-24,26,29,31-32,39H,8,10-22,25,27-28H2,1H3,(H,49,55,56)/t29-,39?/m0/s1. The quantitative estimate of drug-likeness (QED) is 0.206. The van der Waals surface area contributed by atoms with Crippen LogP contribution in [-0.2, 0) is 16.1 Å². The van der Waals surface area contributed by atoms with Gasteiger partial charge in [-0.05, 0) is 131 Å². The zero-order valence-electron chi connectivity index (χ0n) is 33.2. The first-order chi connectivity index (χ1) is 28.1. The van der Waals surface area contributed by atoms with Gasteiger partial charge in [-0.1, -0.05) is 23.7 Å². The van der Waals surface area contributed by atoms with E-state index in [0.29, 0.717) is 45.1 Å². The van der Waals surface area contributed by atoms with E-state index in [1.165, 1.54) is 24.8 Å². The van der Waals surface area contributed by atoms with Crippen molar-refractivity contribution in [2.24, 2.45) is 17.3 Å². The summed E-state index contributed by atoms with van der Waals surface area (Å²) in [6.07, 6.45) is 10.4. The molecule has 13 heteroatoms. The maximum atomic E-state index is 13.4. The maximum Gasteiger partial charge on any atom is 0.262 e. The van der Waals surface area contributed by atoms with Crippen LogP contribution in [0.2, 0.25) is 5.02 Å². The van der Waals surface area contributed by atoms with Crippen LogP contribution in [0.1, 0.15) is 91.0 Å². The molecule has 1 aromatic heterocycles. The molecule has 1 spiro atoms. The fourth-order valence-electron chi connectivity index (χ4n) is 10.8. The fourth-order valence-corrected chi connectivity index (χ4v) is 11.0. The van der Waals surface area contributed by atoms with Gasteiger partial charge < -0.3 is 14.7 Å². The second-order valence-corrected chi connectivity index (χ2v) is 18.0. The summed E-state index contributed by atoms with van der Waals surface area (Å²) >= 11 is 6.40. The molecule has 5 saturated heterocycles. The molecule has 2 aromatic carbocycles. The highest BCUT2D eigenvalue weighted by molar-refractivity contribution is 6.33. The summed E-state index contributed by atoms with van der Waals surface area (Å²) in [5.41, 5.74) is 4.78. The highest BCUT2D eigenvalue weighted by atomic mass is 35.5. The van der Waals surface area contributed by atoms with Crippen LogP contribution in [0, 0.1) is 23.8 Å². The highest BCUT2D eigenvalue weighted by Gasteiger charge is 2.46. The van der Waals surface area contributed by atoms with E-state index in [1.54, 1.807) is 6.07 Å². The molecule has 5 fully saturated rings. The van der Waals surface area contributed by atoms with E-state index >= 15 is 0 Å². The number of likely N-dealkylation sites (tertiary alicyclic amines) is 1. The third-order valence-corrected chi connectivity index (χ3v) is 14.4. The van der Waals surface area contributed by atoms with Crippen molar-refractivity contribution in [3.63, 3.8) is 0 Å². The molecule has 1 N–H and O–H groups in total. The number of pyridine rings is 1. The van der Waals surface area contributed by atoms with Crippen LogP contribution in [0.5, 0.6) is 0 Å². The van der Waals surface area contributed by atoms with Crippen LogP contribution in [0.3, 0.4) is 0 Å². The van der Waals surface area contributed by atoms with Gasteiger partial charge >= 0.3 is 0 Å². The maximum absolute atomic E-state index is 13.4. The van der Waals surface area contributed by atoms with E-state index in [-0.39, 0.29) is 18.7 Å².